The van der Waals surface area contributed by atoms with Crippen molar-refractivity contribution in [3.8, 4) is 0 Å². The van der Waals surface area contributed by atoms with Crippen molar-refractivity contribution in [3.63, 3.8) is 0 Å². The second kappa shape index (κ2) is 7.82. The number of pyridine rings is 1. The van der Waals surface area contributed by atoms with E-state index in [-0.39, 0.29) is 11.3 Å². The van der Waals surface area contributed by atoms with E-state index in [4.69, 9.17) is 0 Å². The Morgan fingerprint density at radius 3 is 2.74 bits per heavy atom. The number of hydrogen-bond donors (Lipinski definition) is 1. The van der Waals surface area contributed by atoms with Crippen LogP contribution in [0.1, 0.15) is 29.1 Å². The number of nitrogens with zero attached hydrogens (tertiary/aromatic N) is 5. The Morgan fingerprint density at radius 1 is 1.19 bits per heavy atom. The molecule has 0 bridgehead atoms. The van der Waals surface area contributed by atoms with E-state index >= 15 is 0 Å². The second-order valence-electron chi connectivity index (χ2n) is 7.08. The van der Waals surface area contributed by atoms with Crippen LogP contribution < -0.4 is 5.32 Å². The van der Waals surface area contributed by atoms with Gasteiger partial charge >= 0.3 is 6.18 Å². The molecular weight excluding hydrogens is 405 g/mol. The summed E-state index contributed by atoms with van der Waals surface area (Å²) in [5.74, 6) is -0.516. The Hall–Kier alpha value is -3.75. The third-order valence-electron chi connectivity index (χ3n) is 4.76. The molecule has 0 fully saturated rings. The number of rotatable bonds is 3. The van der Waals surface area contributed by atoms with Gasteiger partial charge in [0.05, 0.1) is 17.2 Å². The van der Waals surface area contributed by atoms with Crippen molar-refractivity contribution >= 4 is 34.6 Å². The third kappa shape index (κ3) is 4.11. The van der Waals surface area contributed by atoms with Gasteiger partial charge in [-0.3, -0.25) is 9.55 Å². The van der Waals surface area contributed by atoms with E-state index < -0.39 is 12.0 Å². The third-order valence-corrected chi connectivity index (χ3v) is 4.76. The van der Waals surface area contributed by atoms with E-state index in [1.165, 1.54) is 12.4 Å². The molecule has 1 N–H and O–H groups in total. The van der Waals surface area contributed by atoms with Gasteiger partial charge in [0.15, 0.2) is 5.82 Å². The lowest BCUT2D eigenvalue weighted by Gasteiger charge is -2.11. The molecule has 0 spiro atoms. The molecule has 9 heteroatoms. The summed E-state index contributed by atoms with van der Waals surface area (Å²) in [6, 6.07) is 8.62. The quantitative estimate of drug-likeness (QED) is 0.647. The van der Waals surface area contributed by atoms with Gasteiger partial charge in [-0.15, -0.1) is 0 Å². The first-order valence-corrected chi connectivity index (χ1v) is 9.48. The monoisotopic (exact) mass is 424 g/mol. The number of fused-ring (bicyclic) bond motifs is 1. The molecule has 0 aliphatic carbocycles. The first-order chi connectivity index (χ1) is 14.7. The van der Waals surface area contributed by atoms with Gasteiger partial charge in [-0.2, -0.15) is 13.2 Å². The minimum absolute atomic E-state index is 0.0265. The van der Waals surface area contributed by atoms with Gasteiger partial charge in [0.2, 0.25) is 5.82 Å². The van der Waals surface area contributed by atoms with E-state index in [1.54, 1.807) is 37.4 Å². The van der Waals surface area contributed by atoms with Crippen LogP contribution in [0, 0.1) is 13.8 Å². The maximum Gasteiger partial charge on any atom is 0.450 e. The Balaban J connectivity index is 1.72. The minimum Gasteiger partial charge on any atom is -0.343 e. The molecule has 0 unspecified atom stereocenters. The maximum atomic E-state index is 13.7. The highest BCUT2D eigenvalue weighted by Gasteiger charge is 2.38. The summed E-state index contributed by atoms with van der Waals surface area (Å²) in [7, 11) is 0. The number of aryl methyl sites for hydroxylation is 2. The van der Waals surface area contributed by atoms with Crippen molar-refractivity contribution in [1.29, 1.82) is 0 Å². The molecule has 3 aromatic rings. The SMILES string of the molecule is C=C(NC1=NC=C(n2c(C(F)(F)F)nc3cc(C)ccc32)N=CC1)c1cccnc1C. The van der Waals surface area contributed by atoms with Gasteiger partial charge in [-0.25, -0.2) is 15.0 Å². The van der Waals surface area contributed by atoms with Crippen molar-refractivity contribution in [2.75, 3.05) is 0 Å². The summed E-state index contributed by atoms with van der Waals surface area (Å²) in [6.07, 6.45) is 0.143. The van der Waals surface area contributed by atoms with Gasteiger partial charge < -0.3 is 5.32 Å². The van der Waals surface area contributed by atoms with Crippen LogP contribution in [0.25, 0.3) is 22.6 Å². The second-order valence-corrected chi connectivity index (χ2v) is 7.08. The standard InChI is InChI=1S/C22H19F3N6/c1-13-6-7-18-17(11-13)30-21(22(23,24)25)31(18)20-12-28-19(8-10-27-20)29-15(3)16-5-4-9-26-14(16)2/h4-7,9-12H,3,8H2,1-2H3,(H,28,29). The molecule has 0 atom stereocenters. The molecule has 1 aromatic carbocycles. The highest BCUT2D eigenvalue weighted by atomic mass is 19.4. The lowest BCUT2D eigenvalue weighted by atomic mass is 10.1. The van der Waals surface area contributed by atoms with Crippen molar-refractivity contribution in [2.45, 2.75) is 26.4 Å². The van der Waals surface area contributed by atoms with E-state index in [0.717, 1.165) is 21.4 Å². The maximum absolute atomic E-state index is 13.7. The number of nitrogens with one attached hydrogen (secondary N) is 1. The van der Waals surface area contributed by atoms with Gasteiger partial charge in [0.1, 0.15) is 5.84 Å². The van der Waals surface area contributed by atoms with Crippen molar-refractivity contribution < 1.29 is 13.2 Å². The highest BCUT2D eigenvalue weighted by Crippen LogP contribution is 2.34. The van der Waals surface area contributed by atoms with Gasteiger partial charge in [-0.05, 0) is 43.7 Å². The summed E-state index contributed by atoms with van der Waals surface area (Å²) in [5, 5.41) is 3.10. The Bertz CT molecular complexity index is 1260. The molecule has 0 saturated carbocycles. The summed E-state index contributed by atoms with van der Waals surface area (Å²) in [4.78, 5) is 16.6. The largest absolute Gasteiger partial charge is 0.450 e. The average molecular weight is 424 g/mol. The smallest absolute Gasteiger partial charge is 0.343 e. The van der Waals surface area contributed by atoms with E-state index in [2.05, 4.69) is 31.8 Å². The van der Waals surface area contributed by atoms with Crippen LogP contribution >= 0.6 is 0 Å². The van der Waals surface area contributed by atoms with E-state index in [0.29, 0.717) is 23.5 Å². The predicted molar refractivity (Wildman–Crippen MR) is 115 cm³/mol. The zero-order chi connectivity index (χ0) is 22.2. The Morgan fingerprint density at radius 2 is 2.00 bits per heavy atom. The molecule has 4 rings (SSSR count). The van der Waals surface area contributed by atoms with Crippen LogP contribution in [0.4, 0.5) is 13.2 Å². The number of imidazole rings is 1. The molecule has 0 radical (unpaired) electrons. The molecule has 1 aliphatic rings. The fourth-order valence-electron chi connectivity index (χ4n) is 3.30. The molecular formula is C22H19F3N6. The van der Waals surface area contributed by atoms with E-state index in [1.807, 2.05) is 13.0 Å². The normalized spacial score (nSPS) is 14.2. The lowest BCUT2D eigenvalue weighted by molar-refractivity contribution is -0.145. The molecule has 0 saturated heterocycles. The molecule has 3 heterocycles. The molecule has 31 heavy (non-hydrogen) atoms. The lowest BCUT2D eigenvalue weighted by Crippen LogP contribution is -2.21. The summed E-state index contributed by atoms with van der Waals surface area (Å²) < 4.78 is 42.1. The topological polar surface area (TPSA) is 67.5 Å². The first kappa shape index (κ1) is 20.5. The van der Waals surface area contributed by atoms with Crippen molar-refractivity contribution in [1.82, 2.24) is 19.9 Å². The average Bonchev–Trinajstić information content (AvgIpc) is 2.94. The number of benzene rings is 1. The summed E-state index contributed by atoms with van der Waals surface area (Å²) in [6.45, 7) is 7.68. The van der Waals surface area contributed by atoms with Gasteiger partial charge in [0, 0.05) is 35.8 Å². The molecule has 1 aliphatic heterocycles. The Kier molecular flexibility index (Phi) is 5.18. The zero-order valence-corrected chi connectivity index (χ0v) is 16.9. The zero-order valence-electron chi connectivity index (χ0n) is 16.9. The molecule has 6 nitrogen and oxygen atoms in total. The predicted octanol–water partition coefficient (Wildman–Crippen LogP) is 4.96. The van der Waals surface area contributed by atoms with Crippen LogP contribution in [0.15, 0.2) is 59.3 Å². The summed E-state index contributed by atoms with van der Waals surface area (Å²) in [5.41, 5.74) is 3.59. The number of aliphatic imine (C=N–C) groups is 2. The van der Waals surface area contributed by atoms with Crippen LogP contribution in [-0.2, 0) is 6.18 Å². The van der Waals surface area contributed by atoms with Crippen LogP contribution in [0.2, 0.25) is 0 Å². The van der Waals surface area contributed by atoms with Gasteiger partial charge in [0.25, 0.3) is 0 Å². The fraction of sp³-hybridized carbons (Fsp3) is 0.182. The van der Waals surface area contributed by atoms with Crippen LogP contribution in [0.3, 0.4) is 0 Å². The molecule has 0 amide bonds. The number of halogens is 3. The highest BCUT2D eigenvalue weighted by molar-refractivity contribution is 6.00. The fourth-order valence-corrected chi connectivity index (χ4v) is 3.30. The van der Waals surface area contributed by atoms with Crippen molar-refractivity contribution in [2.24, 2.45) is 9.98 Å². The molecule has 2 aromatic heterocycles. The van der Waals surface area contributed by atoms with Gasteiger partial charge in [-0.1, -0.05) is 12.6 Å². The van der Waals surface area contributed by atoms with Crippen molar-refractivity contribution in [3.05, 3.63) is 72.0 Å². The minimum atomic E-state index is -4.65. The first-order valence-electron chi connectivity index (χ1n) is 9.48. The molecule has 158 valence electrons. The number of alkyl halides is 3. The number of amidine groups is 1. The number of hydrogen-bond acceptors (Lipinski definition) is 5. The van der Waals surface area contributed by atoms with Crippen LogP contribution in [0.5, 0.6) is 0 Å². The van der Waals surface area contributed by atoms with Crippen LogP contribution in [-0.4, -0.2) is 26.6 Å². The van der Waals surface area contributed by atoms with E-state index in [9.17, 15) is 13.2 Å². The summed E-state index contributed by atoms with van der Waals surface area (Å²) >= 11 is 0. The number of aromatic nitrogens is 3. The Labute approximate surface area is 176 Å².